The van der Waals surface area contributed by atoms with Crippen molar-refractivity contribution >= 4 is 11.3 Å². The second kappa shape index (κ2) is 5.38. The SMILES string of the molecule is COc1cc(-c2cnn(C)c2)cn2ncc(-c3ccc(N)nc3)c12. The van der Waals surface area contributed by atoms with Crippen molar-refractivity contribution in [3.05, 3.63) is 49.2 Å². The van der Waals surface area contributed by atoms with Crippen LogP contribution in [0.3, 0.4) is 0 Å². The first-order chi connectivity index (χ1) is 11.7. The van der Waals surface area contributed by atoms with Crippen molar-refractivity contribution in [3.63, 3.8) is 0 Å². The first-order valence-electron chi connectivity index (χ1n) is 7.42. The Kier molecular flexibility index (Phi) is 3.19. The van der Waals surface area contributed by atoms with Crippen LogP contribution in [0.4, 0.5) is 5.82 Å². The number of rotatable bonds is 3. The standard InChI is InChI=1S/C17H16N6O/c1-22-9-13(7-20-22)12-5-15(24-2)17-14(8-21-23(17)10-12)11-3-4-16(18)19-6-11/h3-10H,1-2H3,(H2,18,19). The van der Waals surface area contributed by atoms with E-state index in [1.54, 1.807) is 30.3 Å². The molecule has 0 saturated heterocycles. The first kappa shape index (κ1) is 14.3. The van der Waals surface area contributed by atoms with E-state index in [1.165, 1.54) is 0 Å². The Balaban J connectivity index is 1.91. The fourth-order valence-electron chi connectivity index (χ4n) is 2.74. The van der Waals surface area contributed by atoms with E-state index in [0.717, 1.165) is 33.5 Å². The number of aryl methyl sites for hydroxylation is 1. The summed E-state index contributed by atoms with van der Waals surface area (Å²) >= 11 is 0. The molecule has 2 N–H and O–H groups in total. The molecule has 0 unspecified atom stereocenters. The summed E-state index contributed by atoms with van der Waals surface area (Å²) in [6, 6.07) is 5.69. The number of hydrogen-bond donors (Lipinski definition) is 1. The van der Waals surface area contributed by atoms with Crippen molar-refractivity contribution in [3.8, 4) is 28.0 Å². The number of anilines is 1. The first-order valence-corrected chi connectivity index (χ1v) is 7.42. The van der Waals surface area contributed by atoms with Crippen molar-refractivity contribution in [2.45, 2.75) is 0 Å². The van der Waals surface area contributed by atoms with Gasteiger partial charge in [0, 0.05) is 47.9 Å². The molecule has 0 fully saturated rings. The van der Waals surface area contributed by atoms with Gasteiger partial charge in [0.05, 0.1) is 19.5 Å². The fourth-order valence-corrected chi connectivity index (χ4v) is 2.74. The molecule has 0 radical (unpaired) electrons. The number of ether oxygens (including phenoxy) is 1. The summed E-state index contributed by atoms with van der Waals surface area (Å²) in [5.74, 6) is 1.22. The molecule has 0 aliphatic rings. The highest BCUT2D eigenvalue weighted by molar-refractivity contribution is 5.86. The second-order valence-corrected chi connectivity index (χ2v) is 5.52. The minimum Gasteiger partial charge on any atom is -0.494 e. The fraction of sp³-hybridized carbons (Fsp3) is 0.118. The normalized spacial score (nSPS) is 11.1. The van der Waals surface area contributed by atoms with E-state index in [4.69, 9.17) is 10.5 Å². The molecule has 0 saturated carbocycles. The highest BCUT2D eigenvalue weighted by Crippen LogP contribution is 2.34. The molecular formula is C17H16N6O. The lowest BCUT2D eigenvalue weighted by molar-refractivity contribution is 0.418. The topological polar surface area (TPSA) is 83.3 Å². The monoisotopic (exact) mass is 320 g/mol. The number of nitrogens with two attached hydrogens (primary N) is 1. The van der Waals surface area contributed by atoms with Crippen molar-refractivity contribution in [1.82, 2.24) is 24.4 Å². The lowest BCUT2D eigenvalue weighted by atomic mass is 10.1. The molecule has 0 spiro atoms. The van der Waals surface area contributed by atoms with E-state index >= 15 is 0 Å². The molecule has 120 valence electrons. The molecule has 0 amide bonds. The van der Waals surface area contributed by atoms with Gasteiger partial charge in [-0.25, -0.2) is 9.50 Å². The zero-order chi connectivity index (χ0) is 16.7. The van der Waals surface area contributed by atoms with Gasteiger partial charge in [-0.1, -0.05) is 0 Å². The molecular weight excluding hydrogens is 304 g/mol. The van der Waals surface area contributed by atoms with Crippen LogP contribution in [0.1, 0.15) is 0 Å². The summed E-state index contributed by atoms with van der Waals surface area (Å²) < 4.78 is 9.18. The number of hydrogen-bond acceptors (Lipinski definition) is 5. The van der Waals surface area contributed by atoms with Gasteiger partial charge in [0.2, 0.25) is 0 Å². The predicted molar refractivity (Wildman–Crippen MR) is 91.6 cm³/mol. The molecule has 4 aromatic rings. The van der Waals surface area contributed by atoms with E-state index in [-0.39, 0.29) is 0 Å². The molecule has 0 aliphatic carbocycles. The van der Waals surface area contributed by atoms with Gasteiger partial charge in [0.15, 0.2) is 0 Å². The number of aromatic nitrogens is 5. The third-order valence-electron chi connectivity index (χ3n) is 3.93. The summed E-state index contributed by atoms with van der Waals surface area (Å²) in [7, 11) is 3.54. The maximum absolute atomic E-state index is 5.67. The third kappa shape index (κ3) is 2.26. The van der Waals surface area contributed by atoms with E-state index in [0.29, 0.717) is 5.82 Å². The van der Waals surface area contributed by atoms with Crippen LogP contribution in [0.2, 0.25) is 0 Å². The highest BCUT2D eigenvalue weighted by Gasteiger charge is 2.14. The van der Waals surface area contributed by atoms with Crippen LogP contribution in [0, 0.1) is 0 Å². The number of fused-ring (bicyclic) bond motifs is 1. The van der Waals surface area contributed by atoms with Crippen molar-refractivity contribution in [2.75, 3.05) is 12.8 Å². The number of pyridine rings is 2. The summed E-state index contributed by atoms with van der Waals surface area (Å²) in [5.41, 5.74) is 10.4. The smallest absolute Gasteiger partial charge is 0.145 e. The van der Waals surface area contributed by atoms with Gasteiger partial charge < -0.3 is 10.5 Å². The van der Waals surface area contributed by atoms with Gasteiger partial charge in [-0.2, -0.15) is 10.2 Å². The molecule has 4 aromatic heterocycles. The van der Waals surface area contributed by atoms with Crippen molar-refractivity contribution in [1.29, 1.82) is 0 Å². The van der Waals surface area contributed by atoms with Crippen LogP contribution < -0.4 is 10.5 Å². The van der Waals surface area contributed by atoms with Crippen molar-refractivity contribution in [2.24, 2.45) is 7.05 Å². The van der Waals surface area contributed by atoms with Gasteiger partial charge in [0.25, 0.3) is 0 Å². The Morgan fingerprint density at radius 1 is 1.00 bits per heavy atom. The lowest BCUT2D eigenvalue weighted by Gasteiger charge is -2.08. The molecule has 24 heavy (non-hydrogen) atoms. The summed E-state index contributed by atoms with van der Waals surface area (Å²) in [6.07, 6.45) is 9.27. The predicted octanol–water partition coefficient (Wildman–Crippen LogP) is 2.39. The number of nitrogens with zero attached hydrogens (tertiary/aromatic N) is 5. The third-order valence-corrected chi connectivity index (χ3v) is 3.93. The lowest BCUT2D eigenvalue weighted by Crippen LogP contribution is -1.94. The van der Waals surface area contributed by atoms with Crippen LogP contribution in [0.5, 0.6) is 5.75 Å². The highest BCUT2D eigenvalue weighted by atomic mass is 16.5. The molecule has 4 heterocycles. The summed E-state index contributed by atoms with van der Waals surface area (Å²) in [5, 5.41) is 8.69. The van der Waals surface area contributed by atoms with E-state index in [9.17, 15) is 0 Å². The van der Waals surface area contributed by atoms with E-state index in [1.807, 2.05) is 42.3 Å². The molecule has 4 rings (SSSR count). The zero-order valence-corrected chi connectivity index (χ0v) is 13.3. The molecule has 0 aromatic carbocycles. The number of methoxy groups -OCH3 is 1. The largest absolute Gasteiger partial charge is 0.494 e. The average Bonchev–Trinajstić information content (AvgIpc) is 3.21. The van der Waals surface area contributed by atoms with Crippen LogP contribution >= 0.6 is 0 Å². The quantitative estimate of drug-likeness (QED) is 0.626. The maximum atomic E-state index is 5.67. The Hall–Kier alpha value is -3.35. The summed E-state index contributed by atoms with van der Waals surface area (Å²) in [6.45, 7) is 0. The van der Waals surface area contributed by atoms with E-state index in [2.05, 4.69) is 15.2 Å². The minimum absolute atomic E-state index is 0.487. The minimum atomic E-state index is 0.487. The Bertz CT molecular complexity index is 1020. The van der Waals surface area contributed by atoms with E-state index < -0.39 is 0 Å². The van der Waals surface area contributed by atoms with Crippen LogP contribution in [0.15, 0.2) is 49.2 Å². The number of nitrogen functional groups attached to an aromatic ring is 1. The maximum Gasteiger partial charge on any atom is 0.145 e. The van der Waals surface area contributed by atoms with Crippen LogP contribution in [0.25, 0.3) is 27.8 Å². The van der Waals surface area contributed by atoms with Gasteiger partial charge >= 0.3 is 0 Å². The summed E-state index contributed by atoms with van der Waals surface area (Å²) in [4.78, 5) is 4.15. The van der Waals surface area contributed by atoms with Crippen LogP contribution in [-0.4, -0.2) is 31.5 Å². The molecule has 7 heteroatoms. The van der Waals surface area contributed by atoms with Gasteiger partial charge in [-0.15, -0.1) is 0 Å². The van der Waals surface area contributed by atoms with Gasteiger partial charge in [-0.05, 0) is 18.2 Å². The molecule has 0 atom stereocenters. The molecule has 7 nitrogen and oxygen atoms in total. The van der Waals surface area contributed by atoms with Gasteiger partial charge in [-0.3, -0.25) is 4.68 Å². The Morgan fingerprint density at radius 2 is 1.88 bits per heavy atom. The molecule has 0 aliphatic heterocycles. The Morgan fingerprint density at radius 3 is 2.54 bits per heavy atom. The molecule has 0 bridgehead atoms. The second-order valence-electron chi connectivity index (χ2n) is 5.52. The van der Waals surface area contributed by atoms with Crippen LogP contribution in [-0.2, 0) is 7.05 Å². The van der Waals surface area contributed by atoms with Gasteiger partial charge in [0.1, 0.15) is 17.1 Å². The Labute approximate surface area is 138 Å². The average molecular weight is 320 g/mol. The zero-order valence-electron chi connectivity index (χ0n) is 13.3. The van der Waals surface area contributed by atoms with Crippen molar-refractivity contribution < 1.29 is 4.74 Å².